The second kappa shape index (κ2) is 6.14. The average molecular weight is 300 g/mol. The molecule has 0 saturated carbocycles. The monoisotopic (exact) mass is 300 g/mol. The molecule has 0 bridgehead atoms. The number of benzene rings is 2. The Bertz CT molecular complexity index is 563. The van der Waals surface area contributed by atoms with Gasteiger partial charge in [0.2, 0.25) is 0 Å². The minimum Gasteiger partial charge on any atom is -0.405 e. The number of rotatable bonds is 5. The fourth-order valence-corrected chi connectivity index (χ4v) is 4.13. The normalized spacial score (nSPS) is 16.2. The third-order valence-electron chi connectivity index (χ3n) is 3.50. The second-order valence-corrected chi connectivity index (χ2v) is 10.9. The van der Waals surface area contributed by atoms with Crippen LogP contribution in [0.15, 0.2) is 60.7 Å². The Morgan fingerprint density at radius 1 is 0.905 bits per heavy atom. The number of aliphatic hydroxyl groups is 1. The molecule has 0 radical (unpaired) electrons. The smallest absolute Gasteiger partial charge is 0.185 e. The Morgan fingerprint density at radius 2 is 1.38 bits per heavy atom. The van der Waals surface area contributed by atoms with Gasteiger partial charge < -0.3 is 9.53 Å². The van der Waals surface area contributed by atoms with Crippen LogP contribution in [0, 0.1) is 0 Å². The molecule has 2 aromatic carbocycles. The predicted octanol–water partition coefficient (Wildman–Crippen LogP) is 4.49. The van der Waals surface area contributed by atoms with Crippen molar-refractivity contribution in [1.29, 1.82) is 0 Å². The third kappa shape index (κ3) is 3.82. The molecule has 0 spiro atoms. The molecule has 0 amide bonds. The van der Waals surface area contributed by atoms with Crippen LogP contribution in [-0.2, 0) is 10.0 Å². The fraction of sp³-hybridized carbons (Fsp3) is 0.333. The molecule has 0 aliphatic carbocycles. The van der Waals surface area contributed by atoms with Crippen LogP contribution in [0.4, 0.5) is 0 Å². The maximum absolute atomic E-state index is 11.0. The quantitative estimate of drug-likeness (QED) is 0.825. The Labute approximate surface area is 128 Å². The Morgan fingerprint density at radius 3 is 1.86 bits per heavy atom. The molecule has 0 aliphatic rings. The van der Waals surface area contributed by atoms with Gasteiger partial charge in [-0.3, -0.25) is 0 Å². The van der Waals surface area contributed by atoms with Crippen LogP contribution in [-0.4, -0.2) is 13.4 Å². The van der Waals surface area contributed by atoms with Gasteiger partial charge in [0.1, 0.15) is 11.7 Å². The summed E-state index contributed by atoms with van der Waals surface area (Å²) in [6.45, 7) is 8.42. The van der Waals surface area contributed by atoms with Crippen molar-refractivity contribution < 1.29 is 9.53 Å². The van der Waals surface area contributed by atoms with Gasteiger partial charge in [-0.1, -0.05) is 60.7 Å². The molecule has 3 heteroatoms. The lowest BCUT2D eigenvalue weighted by Crippen LogP contribution is -2.42. The zero-order valence-electron chi connectivity index (χ0n) is 13.2. The van der Waals surface area contributed by atoms with Crippen molar-refractivity contribution in [3.63, 3.8) is 0 Å². The van der Waals surface area contributed by atoms with Crippen molar-refractivity contribution in [2.75, 3.05) is 0 Å². The van der Waals surface area contributed by atoms with E-state index in [1.165, 1.54) is 0 Å². The zero-order valence-corrected chi connectivity index (χ0v) is 14.2. The van der Waals surface area contributed by atoms with Crippen LogP contribution in [0.5, 0.6) is 0 Å². The van der Waals surface area contributed by atoms with Crippen LogP contribution in [0.3, 0.4) is 0 Å². The average Bonchev–Trinajstić information content (AvgIpc) is 2.46. The van der Waals surface area contributed by atoms with E-state index in [0.29, 0.717) is 0 Å². The molecule has 0 fully saturated rings. The maximum atomic E-state index is 11.0. The van der Waals surface area contributed by atoms with Gasteiger partial charge in [0, 0.05) is 0 Å². The first-order chi connectivity index (χ1) is 9.83. The zero-order chi connectivity index (χ0) is 15.5. The molecule has 0 heterocycles. The van der Waals surface area contributed by atoms with Crippen molar-refractivity contribution in [1.82, 2.24) is 0 Å². The molecule has 0 saturated heterocycles. The highest BCUT2D eigenvalue weighted by Gasteiger charge is 2.40. The molecule has 2 nitrogen and oxygen atoms in total. The first kappa shape index (κ1) is 16.0. The molecule has 112 valence electrons. The summed E-state index contributed by atoms with van der Waals surface area (Å²) < 4.78 is 6.42. The molecule has 0 aromatic heterocycles. The van der Waals surface area contributed by atoms with Gasteiger partial charge in [-0.15, -0.1) is 0 Å². The summed E-state index contributed by atoms with van der Waals surface area (Å²) in [6.07, 6.45) is -0.701. The first-order valence-electron chi connectivity index (χ1n) is 7.32. The summed E-state index contributed by atoms with van der Waals surface area (Å²) in [4.78, 5) is 0. The lowest BCUT2D eigenvalue weighted by Gasteiger charge is -2.40. The number of hydrogen-bond donors (Lipinski definition) is 1. The number of aliphatic hydroxyl groups excluding tert-OH is 1. The SMILES string of the molecule is C[C@@](O[Si](C)(C)C)(c1ccccc1)[C@@H](O)c1ccccc1. The van der Waals surface area contributed by atoms with E-state index >= 15 is 0 Å². The summed E-state index contributed by atoms with van der Waals surface area (Å²) in [7, 11) is -1.83. The minimum atomic E-state index is -1.83. The molecule has 2 atom stereocenters. The van der Waals surface area contributed by atoms with E-state index in [1.54, 1.807) is 0 Å². The standard InChI is InChI=1S/C18H24O2Si/c1-18(20-21(2,3)4,16-13-9-6-10-14-16)17(19)15-11-7-5-8-12-15/h5-14,17,19H,1-4H3/t17-,18+/m0/s1. The summed E-state index contributed by atoms with van der Waals surface area (Å²) in [5.41, 5.74) is 1.14. The van der Waals surface area contributed by atoms with Crippen molar-refractivity contribution in [2.45, 2.75) is 38.3 Å². The van der Waals surface area contributed by atoms with Crippen LogP contribution in [0.2, 0.25) is 19.6 Å². The lowest BCUT2D eigenvalue weighted by atomic mass is 9.86. The Kier molecular flexibility index (Phi) is 4.66. The number of hydrogen-bond acceptors (Lipinski definition) is 2. The predicted molar refractivity (Wildman–Crippen MR) is 89.6 cm³/mol. The molecule has 2 rings (SSSR count). The van der Waals surface area contributed by atoms with Crippen LogP contribution in [0.25, 0.3) is 0 Å². The van der Waals surface area contributed by atoms with E-state index in [2.05, 4.69) is 19.6 Å². The van der Waals surface area contributed by atoms with Crippen LogP contribution in [0.1, 0.15) is 24.2 Å². The summed E-state index contributed by atoms with van der Waals surface area (Å²) in [6, 6.07) is 19.7. The highest BCUT2D eigenvalue weighted by atomic mass is 28.4. The summed E-state index contributed by atoms with van der Waals surface area (Å²) >= 11 is 0. The second-order valence-electron chi connectivity index (χ2n) is 6.50. The molecule has 2 aromatic rings. The van der Waals surface area contributed by atoms with E-state index < -0.39 is 20.0 Å². The minimum absolute atomic E-state index is 0.701. The van der Waals surface area contributed by atoms with Gasteiger partial charge in [-0.25, -0.2) is 0 Å². The Balaban J connectivity index is 2.46. The van der Waals surface area contributed by atoms with Gasteiger partial charge in [-0.2, -0.15) is 0 Å². The van der Waals surface area contributed by atoms with Crippen LogP contribution < -0.4 is 0 Å². The molecular weight excluding hydrogens is 276 g/mol. The molecular formula is C18H24O2Si. The van der Waals surface area contributed by atoms with E-state index in [4.69, 9.17) is 4.43 Å². The van der Waals surface area contributed by atoms with Gasteiger partial charge in [0.25, 0.3) is 0 Å². The molecule has 1 N–H and O–H groups in total. The molecule has 0 aliphatic heterocycles. The van der Waals surface area contributed by atoms with E-state index in [0.717, 1.165) is 11.1 Å². The van der Waals surface area contributed by atoms with Crippen LogP contribution >= 0.6 is 0 Å². The van der Waals surface area contributed by atoms with E-state index in [1.807, 2.05) is 67.6 Å². The molecule has 0 unspecified atom stereocenters. The summed E-state index contributed by atoms with van der Waals surface area (Å²) in [5.74, 6) is 0. The van der Waals surface area contributed by atoms with Crippen molar-refractivity contribution in [2.24, 2.45) is 0 Å². The first-order valence-corrected chi connectivity index (χ1v) is 10.7. The van der Waals surface area contributed by atoms with Crippen molar-refractivity contribution in [3.8, 4) is 0 Å². The molecule has 21 heavy (non-hydrogen) atoms. The van der Waals surface area contributed by atoms with E-state index in [-0.39, 0.29) is 0 Å². The highest BCUT2D eigenvalue weighted by Crippen LogP contribution is 2.40. The third-order valence-corrected chi connectivity index (χ3v) is 4.54. The van der Waals surface area contributed by atoms with Crippen molar-refractivity contribution in [3.05, 3.63) is 71.8 Å². The largest absolute Gasteiger partial charge is 0.405 e. The lowest BCUT2D eigenvalue weighted by molar-refractivity contribution is -0.0545. The van der Waals surface area contributed by atoms with E-state index in [9.17, 15) is 5.11 Å². The van der Waals surface area contributed by atoms with Gasteiger partial charge in [0.05, 0.1) is 0 Å². The highest BCUT2D eigenvalue weighted by molar-refractivity contribution is 6.69. The van der Waals surface area contributed by atoms with Gasteiger partial charge in [0.15, 0.2) is 8.32 Å². The van der Waals surface area contributed by atoms with Gasteiger partial charge in [-0.05, 0) is 37.7 Å². The van der Waals surface area contributed by atoms with Crippen molar-refractivity contribution >= 4 is 8.32 Å². The topological polar surface area (TPSA) is 29.5 Å². The Hall–Kier alpha value is -1.42. The van der Waals surface area contributed by atoms with Gasteiger partial charge >= 0.3 is 0 Å². The fourth-order valence-electron chi connectivity index (χ4n) is 2.63. The maximum Gasteiger partial charge on any atom is 0.185 e. The summed E-state index contributed by atoms with van der Waals surface area (Å²) in [5, 5.41) is 11.0.